The van der Waals surface area contributed by atoms with E-state index < -0.39 is 12.1 Å². The van der Waals surface area contributed by atoms with Crippen LogP contribution in [0.3, 0.4) is 0 Å². The van der Waals surface area contributed by atoms with Crippen molar-refractivity contribution in [3.05, 3.63) is 182 Å². The van der Waals surface area contributed by atoms with Crippen molar-refractivity contribution >= 4 is 75.3 Å². The zero-order valence-corrected chi connectivity index (χ0v) is 30.7. The second-order valence-electron chi connectivity index (χ2n) is 13.8. The molecule has 0 saturated carbocycles. The molecular weight excluding hydrogens is 717 g/mol. The van der Waals surface area contributed by atoms with Crippen molar-refractivity contribution in [2.24, 2.45) is 0 Å². The SMILES string of the molecule is [2H]c1cc([2H])c2c(c1[2H])c1c([2H])c([2H])c([2H])c([2H])c1n2-c1ccccc1-c1nc(-c2cccc(-c3cccc4c3oc3ccccc34)c2)nc(-c2ccc3sc4ccccc4c3c2)n1. The van der Waals surface area contributed by atoms with Gasteiger partial charge in [-0.1, -0.05) is 121 Å². The summed E-state index contributed by atoms with van der Waals surface area (Å²) in [4.78, 5) is 15.5. The molecule has 57 heavy (non-hydrogen) atoms. The van der Waals surface area contributed by atoms with Gasteiger partial charge in [0.15, 0.2) is 17.5 Å². The van der Waals surface area contributed by atoms with E-state index in [0.29, 0.717) is 22.9 Å². The first kappa shape index (κ1) is 25.6. The number of para-hydroxylation sites is 5. The fourth-order valence-corrected chi connectivity index (χ4v) is 9.07. The lowest BCUT2D eigenvalue weighted by Crippen LogP contribution is -2.03. The quantitative estimate of drug-likeness (QED) is 0.176. The van der Waals surface area contributed by atoms with Crippen molar-refractivity contribution in [1.82, 2.24) is 19.5 Å². The van der Waals surface area contributed by atoms with Crippen LogP contribution in [-0.2, 0) is 0 Å². The van der Waals surface area contributed by atoms with Crippen molar-refractivity contribution in [2.75, 3.05) is 0 Å². The Morgan fingerprint density at radius 1 is 0.456 bits per heavy atom. The van der Waals surface area contributed by atoms with Gasteiger partial charge < -0.3 is 8.98 Å². The largest absolute Gasteiger partial charge is 0.455 e. The Kier molecular flexibility index (Phi) is 5.65. The van der Waals surface area contributed by atoms with Crippen LogP contribution in [0, 0.1) is 0 Å². The van der Waals surface area contributed by atoms with Crippen LogP contribution in [0.5, 0.6) is 0 Å². The first-order valence-corrected chi connectivity index (χ1v) is 19.3. The third-order valence-corrected chi connectivity index (χ3v) is 11.7. The summed E-state index contributed by atoms with van der Waals surface area (Å²) in [6, 6.07) is 42.9. The van der Waals surface area contributed by atoms with Crippen molar-refractivity contribution in [3.63, 3.8) is 0 Å². The maximum Gasteiger partial charge on any atom is 0.166 e. The van der Waals surface area contributed by atoms with Crippen LogP contribution >= 0.6 is 11.3 Å². The highest BCUT2D eigenvalue weighted by atomic mass is 32.1. The molecule has 8 aromatic carbocycles. The molecule has 5 nitrogen and oxygen atoms in total. The standard InChI is InChI=1S/C51H30N4OS/c1-6-22-42-35(15-1)36-16-2-7-23-43(36)55(42)44-24-8-3-19-40(44)51-53-49(52-50(54-51)33-27-28-47-41(30-33)38-18-5-10-26-46(38)57-47)32-14-11-13-31(29-32)34-20-12-21-39-37-17-4-9-25-45(37)56-48(34)39/h1-30H/i1D,2D,6D,15D,16D,22D,23D. The molecular formula is C51H30N4OS. The Labute approximate surface area is 340 Å². The van der Waals surface area contributed by atoms with Gasteiger partial charge >= 0.3 is 0 Å². The maximum atomic E-state index is 9.17. The normalized spacial score (nSPS) is 13.6. The fraction of sp³-hybridized carbons (Fsp3) is 0. The molecule has 0 fully saturated rings. The van der Waals surface area contributed by atoms with Crippen LogP contribution in [0.15, 0.2) is 186 Å². The molecule has 266 valence electrons. The Morgan fingerprint density at radius 3 is 2.05 bits per heavy atom. The first-order valence-electron chi connectivity index (χ1n) is 21.9. The molecule has 0 unspecified atom stereocenters. The average molecular weight is 754 g/mol. The second kappa shape index (κ2) is 12.6. The summed E-state index contributed by atoms with van der Waals surface area (Å²) in [7, 11) is 0. The lowest BCUT2D eigenvalue weighted by atomic mass is 10.00. The van der Waals surface area contributed by atoms with Crippen LogP contribution in [0.25, 0.3) is 115 Å². The van der Waals surface area contributed by atoms with E-state index in [-0.39, 0.29) is 57.8 Å². The highest BCUT2D eigenvalue weighted by Gasteiger charge is 2.20. The molecule has 0 spiro atoms. The zero-order chi connectivity index (χ0) is 43.5. The third-order valence-electron chi connectivity index (χ3n) is 10.6. The predicted molar refractivity (Wildman–Crippen MR) is 236 cm³/mol. The molecule has 0 bridgehead atoms. The van der Waals surface area contributed by atoms with Gasteiger partial charge in [-0.25, -0.2) is 15.0 Å². The molecule has 0 aliphatic heterocycles. The van der Waals surface area contributed by atoms with E-state index in [0.717, 1.165) is 59.7 Å². The number of nitrogens with zero attached hydrogens (tertiary/aromatic N) is 4. The highest BCUT2D eigenvalue weighted by molar-refractivity contribution is 7.25. The van der Waals surface area contributed by atoms with Crippen LogP contribution < -0.4 is 0 Å². The monoisotopic (exact) mass is 753 g/mol. The summed E-state index contributed by atoms with van der Waals surface area (Å²) in [6.45, 7) is 0. The van der Waals surface area contributed by atoms with E-state index in [9.17, 15) is 0 Å². The molecule has 6 heteroatoms. The molecule has 0 amide bonds. The molecule has 4 heterocycles. The van der Waals surface area contributed by atoms with Gasteiger partial charge in [0.25, 0.3) is 0 Å². The lowest BCUT2D eigenvalue weighted by molar-refractivity contribution is 0.670. The third kappa shape index (κ3) is 5.04. The second-order valence-corrected chi connectivity index (χ2v) is 14.9. The predicted octanol–water partition coefficient (Wildman–Crippen LogP) is 13.9. The molecule has 4 aromatic heterocycles. The smallest absolute Gasteiger partial charge is 0.166 e. The molecule has 12 aromatic rings. The average Bonchev–Trinajstić information content (AvgIpc) is 4.02. The van der Waals surface area contributed by atoms with Crippen LogP contribution in [0.2, 0.25) is 0 Å². The van der Waals surface area contributed by atoms with Gasteiger partial charge in [-0.15, -0.1) is 11.3 Å². The topological polar surface area (TPSA) is 56.7 Å². The van der Waals surface area contributed by atoms with Gasteiger partial charge in [-0.3, -0.25) is 0 Å². The Hall–Kier alpha value is -7.41. The molecule has 12 rings (SSSR count). The molecule has 0 aliphatic rings. The molecule has 0 radical (unpaired) electrons. The van der Waals surface area contributed by atoms with E-state index in [2.05, 4.69) is 36.4 Å². The Bertz CT molecular complexity index is 3970. The summed E-state index contributed by atoms with van der Waals surface area (Å²) >= 11 is 1.72. The molecule has 0 saturated heterocycles. The number of aromatic nitrogens is 4. The van der Waals surface area contributed by atoms with E-state index in [1.165, 1.54) is 10.8 Å². The van der Waals surface area contributed by atoms with E-state index >= 15 is 0 Å². The number of benzene rings is 8. The van der Waals surface area contributed by atoms with Crippen molar-refractivity contribution < 1.29 is 14.0 Å². The number of thiophene rings is 1. The van der Waals surface area contributed by atoms with E-state index in [1.54, 1.807) is 28.0 Å². The summed E-state index contributed by atoms with van der Waals surface area (Å²) in [5.74, 6) is 1.08. The summed E-state index contributed by atoms with van der Waals surface area (Å²) < 4.78 is 72.3. The van der Waals surface area contributed by atoms with Crippen molar-refractivity contribution in [1.29, 1.82) is 0 Å². The number of fused-ring (bicyclic) bond motifs is 9. The van der Waals surface area contributed by atoms with Gasteiger partial charge in [0, 0.05) is 64.0 Å². The van der Waals surface area contributed by atoms with Crippen LogP contribution in [0.1, 0.15) is 9.60 Å². The minimum Gasteiger partial charge on any atom is -0.455 e. The van der Waals surface area contributed by atoms with E-state index in [1.807, 2.05) is 84.9 Å². The Morgan fingerprint density at radius 2 is 1.12 bits per heavy atom. The molecule has 0 aliphatic carbocycles. The number of hydrogen-bond donors (Lipinski definition) is 0. The maximum absolute atomic E-state index is 9.17. The van der Waals surface area contributed by atoms with Gasteiger partial charge in [0.2, 0.25) is 0 Å². The van der Waals surface area contributed by atoms with Crippen molar-refractivity contribution in [2.45, 2.75) is 0 Å². The van der Waals surface area contributed by atoms with E-state index in [4.69, 9.17) is 29.0 Å². The minimum absolute atomic E-state index is 0.0630. The minimum atomic E-state index is -0.466. The van der Waals surface area contributed by atoms with Gasteiger partial charge in [-0.2, -0.15) is 0 Å². The van der Waals surface area contributed by atoms with Crippen molar-refractivity contribution in [3.8, 4) is 51.0 Å². The molecule has 0 atom stereocenters. The highest BCUT2D eigenvalue weighted by Crippen LogP contribution is 2.40. The number of furan rings is 1. The lowest BCUT2D eigenvalue weighted by Gasteiger charge is -2.15. The number of rotatable bonds is 5. The first-order chi connectivity index (χ1) is 31.1. The summed E-state index contributed by atoms with van der Waals surface area (Å²) in [5.41, 5.74) is 6.04. The summed E-state index contributed by atoms with van der Waals surface area (Å²) in [5, 5.41) is 4.41. The van der Waals surface area contributed by atoms with Crippen LogP contribution in [0.4, 0.5) is 0 Å². The van der Waals surface area contributed by atoms with Crippen LogP contribution in [-0.4, -0.2) is 19.5 Å². The Balaban J connectivity index is 1.12. The van der Waals surface area contributed by atoms with Gasteiger partial charge in [0.05, 0.1) is 26.3 Å². The summed E-state index contributed by atoms with van der Waals surface area (Å²) in [6.07, 6.45) is 0. The van der Waals surface area contributed by atoms with Gasteiger partial charge in [0.1, 0.15) is 11.2 Å². The fourth-order valence-electron chi connectivity index (χ4n) is 7.99. The van der Waals surface area contributed by atoms with Gasteiger partial charge in [-0.05, 0) is 66.2 Å². The number of hydrogen-bond acceptors (Lipinski definition) is 5. The molecule has 0 N–H and O–H groups in total. The zero-order valence-electron chi connectivity index (χ0n) is 36.9.